The molecule has 1 fully saturated rings. The van der Waals surface area contributed by atoms with Gasteiger partial charge in [-0.05, 0) is 50.1 Å². The third kappa shape index (κ3) is 3.12. The Bertz CT molecular complexity index is 947. The number of aromatic nitrogens is 3. The van der Waals surface area contributed by atoms with E-state index in [1.807, 2.05) is 25.1 Å². The summed E-state index contributed by atoms with van der Waals surface area (Å²) in [6.07, 6.45) is 2.20. The fraction of sp³-hybridized carbons (Fsp3) is 0.316. The second kappa shape index (κ2) is 6.27. The SMILES string of the molecule is CCOc1ccc(-c2cccc3nc(CC(=O)C4CC4)nn23)cc1F. The summed E-state index contributed by atoms with van der Waals surface area (Å²) in [5.74, 6) is 0.708. The number of pyridine rings is 1. The monoisotopic (exact) mass is 339 g/mol. The van der Waals surface area contributed by atoms with Gasteiger partial charge in [-0.15, -0.1) is 0 Å². The number of nitrogens with zero attached hydrogens (tertiary/aromatic N) is 3. The van der Waals surface area contributed by atoms with E-state index < -0.39 is 5.82 Å². The summed E-state index contributed by atoms with van der Waals surface area (Å²) in [7, 11) is 0. The van der Waals surface area contributed by atoms with Crippen LogP contribution in [0.25, 0.3) is 16.9 Å². The van der Waals surface area contributed by atoms with Gasteiger partial charge in [-0.2, -0.15) is 5.10 Å². The van der Waals surface area contributed by atoms with Gasteiger partial charge in [0.15, 0.2) is 23.0 Å². The lowest BCUT2D eigenvalue weighted by molar-refractivity contribution is -0.119. The molecule has 25 heavy (non-hydrogen) atoms. The van der Waals surface area contributed by atoms with Crippen LogP contribution in [-0.4, -0.2) is 27.0 Å². The van der Waals surface area contributed by atoms with Crippen LogP contribution in [0.2, 0.25) is 0 Å². The maximum absolute atomic E-state index is 14.2. The lowest BCUT2D eigenvalue weighted by Crippen LogP contribution is -2.06. The van der Waals surface area contributed by atoms with Crippen molar-refractivity contribution in [3.05, 3.63) is 48.0 Å². The standard InChI is InChI=1S/C19H18FN3O2/c1-2-25-17-9-8-13(10-14(17)20)15-4-3-5-19-21-18(22-23(15)19)11-16(24)12-6-7-12/h3-5,8-10,12H,2,6-7,11H2,1H3. The maximum atomic E-state index is 14.2. The van der Waals surface area contributed by atoms with Crippen molar-refractivity contribution in [2.75, 3.05) is 6.61 Å². The lowest BCUT2D eigenvalue weighted by atomic mass is 10.1. The van der Waals surface area contributed by atoms with E-state index in [0.29, 0.717) is 23.6 Å². The number of carbonyl (C=O) groups excluding carboxylic acids is 1. The predicted molar refractivity (Wildman–Crippen MR) is 91.0 cm³/mol. The number of Topliss-reactive ketones (excluding diaryl/α,β-unsaturated/α-hetero) is 1. The van der Waals surface area contributed by atoms with E-state index >= 15 is 0 Å². The van der Waals surface area contributed by atoms with Gasteiger partial charge in [0.05, 0.1) is 18.7 Å². The number of carbonyl (C=O) groups is 1. The Hall–Kier alpha value is -2.76. The third-order valence-electron chi connectivity index (χ3n) is 4.30. The highest BCUT2D eigenvalue weighted by Crippen LogP contribution is 2.31. The Kier molecular flexibility index (Phi) is 3.95. The minimum atomic E-state index is -0.416. The zero-order valence-corrected chi connectivity index (χ0v) is 13.9. The largest absolute Gasteiger partial charge is 0.491 e. The Labute approximate surface area is 144 Å². The zero-order chi connectivity index (χ0) is 17.4. The van der Waals surface area contributed by atoms with Crippen LogP contribution >= 0.6 is 0 Å². The fourth-order valence-corrected chi connectivity index (χ4v) is 2.88. The van der Waals surface area contributed by atoms with Crippen molar-refractivity contribution >= 4 is 11.4 Å². The van der Waals surface area contributed by atoms with E-state index in [2.05, 4.69) is 10.1 Å². The molecule has 1 aromatic carbocycles. The first-order valence-electron chi connectivity index (χ1n) is 8.46. The van der Waals surface area contributed by atoms with Crippen LogP contribution in [0.15, 0.2) is 36.4 Å². The highest BCUT2D eigenvalue weighted by Gasteiger charge is 2.30. The van der Waals surface area contributed by atoms with Crippen molar-refractivity contribution < 1.29 is 13.9 Å². The van der Waals surface area contributed by atoms with Crippen molar-refractivity contribution in [1.82, 2.24) is 14.6 Å². The molecule has 2 aromatic heterocycles. The summed E-state index contributed by atoms with van der Waals surface area (Å²) in [6, 6.07) is 10.4. The smallest absolute Gasteiger partial charge is 0.165 e. The molecule has 1 aliphatic rings. The topological polar surface area (TPSA) is 56.5 Å². The van der Waals surface area contributed by atoms with E-state index in [4.69, 9.17) is 4.74 Å². The number of hydrogen-bond donors (Lipinski definition) is 0. The Morgan fingerprint density at radius 1 is 1.32 bits per heavy atom. The molecule has 0 bridgehead atoms. The van der Waals surface area contributed by atoms with E-state index in [0.717, 1.165) is 18.5 Å². The van der Waals surface area contributed by atoms with Gasteiger partial charge in [-0.25, -0.2) is 13.9 Å². The average molecular weight is 339 g/mol. The molecule has 0 unspecified atom stereocenters. The molecule has 0 aliphatic heterocycles. The van der Waals surface area contributed by atoms with Crippen molar-refractivity contribution in [1.29, 1.82) is 0 Å². The number of halogens is 1. The molecule has 1 aliphatic carbocycles. The number of ketones is 1. The lowest BCUT2D eigenvalue weighted by Gasteiger charge is -2.08. The first-order valence-corrected chi connectivity index (χ1v) is 8.46. The average Bonchev–Trinajstić information content (AvgIpc) is 3.37. The summed E-state index contributed by atoms with van der Waals surface area (Å²) in [5, 5.41) is 4.46. The molecule has 0 N–H and O–H groups in total. The van der Waals surface area contributed by atoms with Gasteiger partial charge in [-0.3, -0.25) is 4.79 Å². The summed E-state index contributed by atoms with van der Waals surface area (Å²) >= 11 is 0. The molecule has 0 atom stereocenters. The number of fused-ring (bicyclic) bond motifs is 1. The van der Waals surface area contributed by atoms with Gasteiger partial charge in [0.25, 0.3) is 0 Å². The molecular formula is C19H18FN3O2. The van der Waals surface area contributed by atoms with Crippen LogP contribution < -0.4 is 4.74 Å². The molecule has 6 heteroatoms. The van der Waals surface area contributed by atoms with Gasteiger partial charge in [0, 0.05) is 11.5 Å². The Balaban J connectivity index is 1.70. The normalized spacial score (nSPS) is 14.0. The van der Waals surface area contributed by atoms with Crippen molar-refractivity contribution in [3.63, 3.8) is 0 Å². The van der Waals surface area contributed by atoms with Crippen molar-refractivity contribution in [2.24, 2.45) is 5.92 Å². The number of ether oxygens (including phenoxy) is 1. The molecule has 0 radical (unpaired) electrons. The minimum Gasteiger partial charge on any atom is -0.491 e. The van der Waals surface area contributed by atoms with Gasteiger partial charge in [0.1, 0.15) is 5.78 Å². The maximum Gasteiger partial charge on any atom is 0.165 e. The van der Waals surface area contributed by atoms with E-state index in [1.165, 1.54) is 6.07 Å². The molecular weight excluding hydrogens is 321 g/mol. The summed E-state index contributed by atoms with van der Waals surface area (Å²) in [4.78, 5) is 16.4. The third-order valence-corrected chi connectivity index (χ3v) is 4.30. The Morgan fingerprint density at radius 3 is 2.88 bits per heavy atom. The number of benzene rings is 1. The fourth-order valence-electron chi connectivity index (χ4n) is 2.88. The molecule has 0 saturated heterocycles. The van der Waals surface area contributed by atoms with Crippen LogP contribution in [0.4, 0.5) is 4.39 Å². The molecule has 2 heterocycles. The highest BCUT2D eigenvalue weighted by molar-refractivity contribution is 5.84. The predicted octanol–water partition coefficient (Wildman–Crippen LogP) is 3.46. The summed E-state index contributed by atoms with van der Waals surface area (Å²) in [5.41, 5.74) is 2.04. The van der Waals surface area contributed by atoms with E-state index in [9.17, 15) is 9.18 Å². The van der Waals surface area contributed by atoms with Crippen LogP contribution in [0.3, 0.4) is 0 Å². The first kappa shape index (κ1) is 15.7. The molecule has 4 rings (SSSR count). The molecule has 0 amide bonds. The summed E-state index contributed by atoms with van der Waals surface area (Å²) < 4.78 is 21.1. The molecule has 128 valence electrons. The van der Waals surface area contributed by atoms with E-state index in [1.54, 1.807) is 16.6 Å². The molecule has 5 nitrogen and oxygen atoms in total. The quantitative estimate of drug-likeness (QED) is 0.690. The minimum absolute atomic E-state index is 0.186. The number of rotatable bonds is 6. The van der Waals surface area contributed by atoms with Gasteiger partial charge in [-0.1, -0.05) is 6.07 Å². The summed E-state index contributed by atoms with van der Waals surface area (Å²) in [6.45, 7) is 2.22. The first-order chi connectivity index (χ1) is 12.2. The second-order valence-corrected chi connectivity index (χ2v) is 6.20. The van der Waals surface area contributed by atoms with Gasteiger partial charge >= 0.3 is 0 Å². The molecule has 1 saturated carbocycles. The van der Waals surface area contributed by atoms with Gasteiger partial charge in [0.2, 0.25) is 0 Å². The van der Waals surface area contributed by atoms with Crippen LogP contribution in [0.5, 0.6) is 5.75 Å². The van der Waals surface area contributed by atoms with Crippen LogP contribution in [0, 0.1) is 11.7 Å². The molecule has 3 aromatic rings. The Morgan fingerprint density at radius 2 is 2.16 bits per heavy atom. The van der Waals surface area contributed by atoms with Crippen molar-refractivity contribution in [3.8, 4) is 17.0 Å². The molecule has 0 spiro atoms. The van der Waals surface area contributed by atoms with Crippen LogP contribution in [-0.2, 0) is 11.2 Å². The van der Waals surface area contributed by atoms with Gasteiger partial charge < -0.3 is 4.74 Å². The zero-order valence-electron chi connectivity index (χ0n) is 13.9. The number of hydrogen-bond acceptors (Lipinski definition) is 4. The van der Waals surface area contributed by atoms with Crippen molar-refractivity contribution in [2.45, 2.75) is 26.2 Å². The van der Waals surface area contributed by atoms with Crippen LogP contribution in [0.1, 0.15) is 25.6 Å². The second-order valence-electron chi connectivity index (χ2n) is 6.20. The van der Waals surface area contributed by atoms with E-state index in [-0.39, 0.29) is 23.9 Å². The highest BCUT2D eigenvalue weighted by atomic mass is 19.1.